The molecule has 0 spiro atoms. The summed E-state index contributed by atoms with van der Waals surface area (Å²) in [6.07, 6.45) is -2.01. The summed E-state index contributed by atoms with van der Waals surface area (Å²) >= 11 is 0. The van der Waals surface area contributed by atoms with Crippen molar-refractivity contribution in [2.45, 2.75) is 50.5 Å². The minimum Gasteiger partial charge on any atom is -0.475 e. The van der Waals surface area contributed by atoms with Crippen LogP contribution < -0.4 is 0 Å². The normalized spacial score (nSPS) is 21.0. The van der Waals surface area contributed by atoms with Crippen molar-refractivity contribution in [2.75, 3.05) is 19.8 Å². The number of pyridine rings is 2. The maximum Gasteiger partial charge on any atom is 0.490 e. The summed E-state index contributed by atoms with van der Waals surface area (Å²) < 4.78 is 75.6. The lowest BCUT2D eigenvalue weighted by atomic mass is 10.0. The topological polar surface area (TPSA) is 122 Å². The van der Waals surface area contributed by atoms with E-state index < -0.39 is 24.3 Å². The maximum atomic E-state index is 10.6. The Balaban J connectivity index is 0.000000317. The molecule has 0 bridgehead atoms. The first-order chi connectivity index (χ1) is 18.3. The van der Waals surface area contributed by atoms with Crippen molar-refractivity contribution in [3.63, 3.8) is 0 Å². The van der Waals surface area contributed by atoms with Crippen molar-refractivity contribution < 1.29 is 55.6 Å². The zero-order chi connectivity index (χ0) is 29.1. The molecule has 9 nitrogen and oxygen atoms in total. The van der Waals surface area contributed by atoms with Gasteiger partial charge in [0.1, 0.15) is 0 Å². The summed E-state index contributed by atoms with van der Waals surface area (Å²) in [7, 11) is 0. The number of alkyl halides is 6. The summed E-state index contributed by atoms with van der Waals surface area (Å²) in [5, 5.41) is 14.2. The summed E-state index contributed by atoms with van der Waals surface area (Å²) in [6, 6.07) is 10.6. The molecule has 2 aromatic heterocycles. The number of fused-ring (bicyclic) bond motifs is 1. The van der Waals surface area contributed by atoms with Gasteiger partial charge in [-0.3, -0.25) is 14.9 Å². The molecule has 3 unspecified atom stereocenters. The fourth-order valence-electron chi connectivity index (χ4n) is 4.02. The third-order valence-electron chi connectivity index (χ3n) is 5.73. The monoisotopic (exact) mass is 567 g/mol. The molecule has 0 radical (unpaired) electrons. The maximum absolute atomic E-state index is 10.6. The van der Waals surface area contributed by atoms with E-state index in [-0.39, 0.29) is 6.10 Å². The predicted molar refractivity (Wildman–Crippen MR) is 122 cm³/mol. The fraction of sp³-hybridized carbons (Fsp3) is 0.500. The molecule has 2 N–H and O–H groups in total. The van der Waals surface area contributed by atoms with Crippen LogP contribution in [0.3, 0.4) is 0 Å². The van der Waals surface area contributed by atoms with Crippen molar-refractivity contribution in [3.05, 3.63) is 60.2 Å². The molecule has 1 aliphatic carbocycles. The number of carboxylic acid groups (broad SMARTS) is 2. The average molecular weight is 567 g/mol. The lowest BCUT2D eigenvalue weighted by molar-refractivity contribution is -0.193. The molecule has 2 aromatic rings. The third-order valence-corrected chi connectivity index (χ3v) is 5.73. The van der Waals surface area contributed by atoms with Crippen LogP contribution in [-0.4, -0.2) is 81.3 Å². The molecule has 216 valence electrons. The van der Waals surface area contributed by atoms with Crippen LogP contribution in [0.5, 0.6) is 0 Å². The number of hydrogen-bond donors (Lipinski definition) is 2. The molecule has 1 aliphatic heterocycles. The van der Waals surface area contributed by atoms with E-state index >= 15 is 0 Å². The van der Waals surface area contributed by atoms with Crippen LogP contribution in [0.2, 0.25) is 0 Å². The first-order valence-corrected chi connectivity index (χ1v) is 11.6. The Bertz CT molecular complexity index is 1000. The van der Waals surface area contributed by atoms with Gasteiger partial charge in [0.05, 0.1) is 31.6 Å². The number of aliphatic carboxylic acids is 2. The van der Waals surface area contributed by atoms with Gasteiger partial charge in [-0.1, -0.05) is 12.1 Å². The van der Waals surface area contributed by atoms with Gasteiger partial charge < -0.3 is 19.7 Å². The molecule has 0 amide bonds. The highest BCUT2D eigenvalue weighted by molar-refractivity contribution is 5.73. The Labute approximate surface area is 219 Å². The largest absolute Gasteiger partial charge is 0.490 e. The molecule has 2 aliphatic rings. The van der Waals surface area contributed by atoms with Crippen molar-refractivity contribution >= 4 is 11.9 Å². The second kappa shape index (κ2) is 14.7. The quantitative estimate of drug-likeness (QED) is 0.500. The van der Waals surface area contributed by atoms with E-state index in [4.69, 9.17) is 29.3 Å². The highest BCUT2D eigenvalue weighted by atomic mass is 19.4. The van der Waals surface area contributed by atoms with Gasteiger partial charge in [-0.25, -0.2) is 9.59 Å². The summed E-state index contributed by atoms with van der Waals surface area (Å²) in [5.41, 5.74) is 2.26. The van der Waals surface area contributed by atoms with E-state index in [1.54, 1.807) is 6.20 Å². The van der Waals surface area contributed by atoms with Gasteiger partial charge in [0, 0.05) is 43.6 Å². The first-order valence-electron chi connectivity index (χ1n) is 11.6. The number of carbonyl (C=O) groups is 2. The van der Waals surface area contributed by atoms with E-state index in [1.165, 1.54) is 12.8 Å². The SMILES string of the molecule is O=C(O)C(F)(F)F.O=C(O)C(F)(F)F.c1ccc(CN2CCOC3C(COCc4cccnc4)CCC32)nc1. The van der Waals surface area contributed by atoms with Gasteiger partial charge in [0.15, 0.2) is 0 Å². The molecular weight excluding hydrogens is 540 g/mol. The molecule has 3 atom stereocenters. The first kappa shape index (κ1) is 31.9. The van der Waals surface area contributed by atoms with Gasteiger partial charge in [-0.05, 0) is 36.6 Å². The van der Waals surface area contributed by atoms with E-state index in [0.29, 0.717) is 18.6 Å². The number of nitrogens with zero attached hydrogens (tertiary/aromatic N) is 3. The Morgan fingerprint density at radius 3 is 2.21 bits per heavy atom. The summed E-state index contributed by atoms with van der Waals surface area (Å²) in [6.45, 7) is 4.08. The highest BCUT2D eigenvalue weighted by Gasteiger charge is 2.42. The van der Waals surface area contributed by atoms with Gasteiger partial charge >= 0.3 is 24.3 Å². The van der Waals surface area contributed by atoms with Crippen LogP contribution in [0.15, 0.2) is 48.9 Å². The Morgan fingerprint density at radius 1 is 1.00 bits per heavy atom. The molecule has 39 heavy (non-hydrogen) atoms. The van der Waals surface area contributed by atoms with Crippen LogP contribution in [0, 0.1) is 5.92 Å². The number of carboxylic acids is 2. The summed E-state index contributed by atoms with van der Waals surface area (Å²) in [5.74, 6) is -5.03. The molecule has 3 heterocycles. The highest BCUT2D eigenvalue weighted by Crippen LogP contribution is 2.35. The number of ether oxygens (including phenoxy) is 2. The van der Waals surface area contributed by atoms with Crippen LogP contribution in [0.4, 0.5) is 26.3 Å². The molecule has 1 saturated carbocycles. The van der Waals surface area contributed by atoms with Crippen LogP contribution in [-0.2, 0) is 32.2 Å². The van der Waals surface area contributed by atoms with Crippen LogP contribution in [0.25, 0.3) is 0 Å². The van der Waals surface area contributed by atoms with E-state index in [9.17, 15) is 26.3 Å². The van der Waals surface area contributed by atoms with E-state index in [0.717, 1.165) is 37.6 Å². The van der Waals surface area contributed by atoms with Gasteiger partial charge in [-0.2, -0.15) is 26.3 Å². The predicted octanol–water partition coefficient (Wildman–Crippen LogP) is 3.94. The Hall–Kier alpha value is -3.30. The van der Waals surface area contributed by atoms with Crippen molar-refractivity contribution in [1.82, 2.24) is 14.9 Å². The second-order valence-electron chi connectivity index (χ2n) is 8.51. The fourth-order valence-corrected chi connectivity index (χ4v) is 4.02. The molecule has 1 saturated heterocycles. The zero-order valence-corrected chi connectivity index (χ0v) is 20.4. The number of morpholine rings is 1. The minimum absolute atomic E-state index is 0.284. The number of halogens is 6. The van der Waals surface area contributed by atoms with Gasteiger partial charge in [0.2, 0.25) is 0 Å². The molecular formula is C24H27F6N3O6. The average Bonchev–Trinajstić information content (AvgIpc) is 3.29. The number of rotatable bonds is 6. The lowest BCUT2D eigenvalue weighted by Gasteiger charge is -2.39. The molecule has 0 aromatic carbocycles. The summed E-state index contributed by atoms with van der Waals surface area (Å²) in [4.78, 5) is 28.9. The Morgan fingerprint density at radius 2 is 1.67 bits per heavy atom. The molecule has 15 heteroatoms. The van der Waals surface area contributed by atoms with Crippen molar-refractivity contribution in [1.29, 1.82) is 0 Å². The van der Waals surface area contributed by atoms with Crippen LogP contribution >= 0.6 is 0 Å². The second-order valence-corrected chi connectivity index (χ2v) is 8.51. The van der Waals surface area contributed by atoms with E-state index in [1.807, 2.05) is 24.5 Å². The van der Waals surface area contributed by atoms with Crippen LogP contribution in [0.1, 0.15) is 24.1 Å². The molecule has 4 rings (SSSR count). The van der Waals surface area contributed by atoms with E-state index in [2.05, 4.69) is 33.1 Å². The number of aromatic nitrogens is 2. The standard InChI is InChI=1S/C20H25N3O2.2C2HF3O2/c1-2-9-22-18(5-1)13-23-10-11-25-20-17(6-7-19(20)23)15-24-14-16-4-3-8-21-12-16;2*3-2(4,5)1(6)7/h1-5,8-9,12,17,19-20H,6-7,10-11,13-15H2;2*(H,6,7). The Kier molecular flexibility index (Phi) is 12.1. The lowest BCUT2D eigenvalue weighted by Crippen LogP contribution is -2.50. The van der Waals surface area contributed by atoms with Crippen molar-refractivity contribution in [3.8, 4) is 0 Å². The smallest absolute Gasteiger partial charge is 0.475 e. The molecule has 2 fully saturated rings. The number of hydrogen-bond acceptors (Lipinski definition) is 7. The van der Waals surface area contributed by atoms with Gasteiger partial charge in [-0.15, -0.1) is 0 Å². The van der Waals surface area contributed by atoms with Crippen molar-refractivity contribution in [2.24, 2.45) is 5.92 Å². The third kappa shape index (κ3) is 11.1. The minimum atomic E-state index is -5.08. The van der Waals surface area contributed by atoms with Gasteiger partial charge in [0.25, 0.3) is 0 Å². The zero-order valence-electron chi connectivity index (χ0n) is 20.4.